The molecule has 2 aromatic heterocycles. The summed E-state index contributed by atoms with van der Waals surface area (Å²) in [6.45, 7) is 8.12. The summed E-state index contributed by atoms with van der Waals surface area (Å²) >= 11 is 4.97. The number of halogens is 1. The third-order valence-electron chi connectivity index (χ3n) is 7.41. The minimum absolute atomic E-state index is 0.0559. The Morgan fingerprint density at radius 1 is 1.32 bits per heavy atom. The molecule has 4 heterocycles. The van der Waals surface area contributed by atoms with Gasteiger partial charge < -0.3 is 28.9 Å². The van der Waals surface area contributed by atoms with Gasteiger partial charge in [0.15, 0.2) is 27.8 Å². The van der Waals surface area contributed by atoms with Crippen LogP contribution < -0.4 is 15.0 Å². The molecular formula is C27H33BrN6O6S. The fourth-order valence-corrected chi connectivity index (χ4v) is 6.69. The van der Waals surface area contributed by atoms with Crippen LogP contribution in [0.5, 0.6) is 11.5 Å². The second-order valence-corrected chi connectivity index (χ2v) is 13.1. The molecule has 3 N–H and O–H groups in total. The van der Waals surface area contributed by atoms with E-state index in [1.807, 2.05) is 16.7 Å². The maximum absolute atomic E-state index is 12.9. The van der Waals surface area contributed by atoms with Crippen LogP contribution in [-0.4, -0.2) is 66.1 Å². The average Bonchev–Trinajstić information content (AvgIpc) is 3.54. The number of hydrogen-bond donors (Lipinski definition) is 3. The van der Waals surface area contributed by atoms with Gasteiger partial charge in [0.2, 0.25) is 6.79 Å². The van der Waals surface area contributed by atoms with Gasteiger partial charge >= 0.3 is 12.1 Å². The van der Waals surface area contributed by atoms with Gasteiger partial charge in [-0.2, -0.15) is 0 Å². The number of rotatable bonds is 7. The topological polar surface area (TPSA) is 156 Å². The zero-order valence-corrected chi connectivity index (χ0v) is 25.7. The lowest BCUT2D eigenvalue weighted by molar-refractivity contribution is -0.155. The molecule has 0 spiro atoms. The molecule has 1 fully saturated rings. The van der Waals surface area contributed by atoms with Gasteiger partial charge in [0.1, 0.15) is 16.7 Å². The Kier molecular flexibility index (Phi) is 7.99. The molecule has 2 aliphatic heterocycles. The van der Waals surface area contributed by atoms with Crippen molar-refractivity contribution in [3.05, 3.63) is 28.4 Å². The number of nitrogens with one attached hydrogen (secondary N) is 2. The third-order valence-corrected chi connectivity index (χ3v) is 9.27. The quantitative estimate of drug-likeness (QED) is 0.315. The molecule has 12 nitrogen and oxygen atoms in total. The number of aromatic nitrogens is 4. The van der Waals surface area contributed by atoms with Crippen molar-refractivity contribution in [2.45, 2.75) is 81.1 Å². The number of aryl methyl sites for hydroxylation is 1. The second kappa shape index (κ2) is 11.2. The van der Waals surface area contributed by atoms with Crippen LogP contribution in [0.4, 0.5) is 4.79 Å². The highest BCUT2D eigenvalue weighted by Crippen LogP contribution is 2.42. The van der Waals surface area contributed by atoms with Gasteiger partial charge in [0.05, 0.1) is 6.33 Å². The van der Waals surface area contributed by atoms with E-state index >= 15 is 0 Å². The largest absolute Gasteiger partial charge is 0.479 e. The van der Waals surface area contributed by atoms with Crippen molar-refractivity contribution in [3.63, 3.8) is 0 Å². The van der Waals surface area contributed by atoms with Gasteiger partial charge in [-0.05, 0) is 80.4 Å². The number of carbonyl (C=O) groups excluding carboxylic acids is 1. The van der Waals surface area contributed by atoms with E-state index in [1.165, 1.54) is 16.7 Å². The summed E-state index contributed by atoms with van der Waals surface area (Å²) in [5.41, 5.74) is -0.856. The Balaban J connectivity index is 1.33. The predicted octanol–water partition coefficient (Wildman–Crippen LogP) is 5.15. The van der Waals surface area contributed by atoms with Gasteiger partial charge in [0.25, 0.3) is 0 Å². The third kappa shape index (κ3) is 5.89. The Bertz CT molecular complexity index is 1550. The van der Waals surface area contributed by atoms with Crippen molar-refractivity contribution in [2.75, 3.05) is 13.3 Å². The van der Waals surface area contributed by atoms with E-state index in [-0.39, 0.29) is 24.6 Å². The maximum atomic E-state index is 12.9. The summed E-state index contributed by atoms with van der Waals surface area (Å²) in [4.78, 5) is 40.0. The summed E-state index contributed by atoms with van der Waals surface area (Å²) in [7, 11) is 0. The highest BCUT2D eigenvalue weighted by atomic mass is 79.9. The second-order valence-electron chi connectivity index (χ2n) is 11.2. The van der Waals surface area contributed by atoms with E-state index in [1.54, 1.807) is 34.0 Å². The number of nitrogens with zero attached hydrogens (tertiary/aromatic N) is 4. The fraction of sp³-hybridized carbons (Fsp3) is 0.519. The number of carbonyl (C=O) groups is 2. The van der Waals surface area contributed by atoms with Crippen LogP contribution in [0.3, 0.4) is 0 Å². The number of imidazole rings is 1. The molecule has 1 saturated heterocycles. The summed E-state index contributed by atoms with van der Waals surface area (Å²) < 4.78 is 19.2. The predicted molar refractivity (Wildman–Crippen MR) is 153 cm³/mol. The maximum Gasteiger partial charge on any atom is 0.411 e. The molecule has 41 heavy (non-hydrogen) atoms. The Hall–Kier alpha value is -3.26. The lowest BCUT2D eigenvalue weighted by Crippen LogP contribution is -2.61. The van der Waals surface area contributed by atoms with Crippen LogP contribution in [0.25, 0.3) is 11.2 Å². The first kappa shape index (κ1) is 29.2. The molecular weight excluding hydrogens is 616 g/mol. The normalized spacial score (nSPS) is 20.4. The number of piperidine rings is 1. The summed E-state index contributed by atoms with van der Waals surface area (Å²) in [5.74, 6) is 0.370. The molecule has 14 heteroatoms. The number of ether oxygens (including phenoxy) is 3. The number of benzene rings is 1. The zero-order valence-electron chi connectivity index (χ0n) is 23.3. The van der Waals surface area contributed by atoms with E-state index in [4.69, 9.17) is 24.6 Å². The zero-order chi connectivity index (χ0) is 29.5. The van der Waals surface area contributed by atoms with E-state index in [2.05, 4.69) is 25.9 Å². The van der Waals surface area contributed by atoms with Gasteiger partial charge in [0, 0.05) is 22.5 Å². The highest BCUT2D eigenvalue weighted by Gasteiger charge is 2.50. The monoisotopic (exact) mass is 648 g/mol. The van der Waals surface area contributed by atoms with Crippen molar-refractivity contribution >= 4 is 50.9 Å². The number of fused-ring (bicyclic) bond motifs is 2. The summed E-state index contributed by atoms with van der Waals surface area (Å²) in [5, 5.41) is 19.2. The molecule has 220 valence electrons. The van der Waals surface area contributed by atoms with Crippen molar-refractivity contribution in [1.29, 1.82) is 5.41 Å². The molecule has 3 aromatic rings. The van der Waals surface area contributed by atoms with Crippen LogP contribution >= 0.6 is 27.7 Å². The SMILES string of the molecule is CC[C@@]1(C(=O)O)C[C@H](CCn2cnc(=N)c3[nH]c(Sc4cc5c(cc4Br)OCO5)nc32)CCN1C(=O)OC(C)(C)C. The van der Waals surface area contributed by atoms with Gasteiger partial charge in [-0.1, -0.05) is 18.7 Å². The Morgan fingerprint density at radius 2 is 2.05 bits per heavy atom. The molecule has 1 aromatic carbocycles. The van der Waals surface area contributed by atoms with E-state index < -0.39 is 23.2 Å². The molecule has 0 bridgehead atoms. The number of likely N-dealkylation sites (tertiary alicyclic amines) is 1. The number of hydrogen-bond acceptors (Lipinski definition) is 9. The highest BCUT2D eigenvalue weighted by molar-refractivity contribution is 9.10. The van der Waals surface area contributed by atoms with Crippen LogP contribution in [0.1, 0.15) is 53.4 Å². The molecule has 5 rings (SSSR count). The standard InChI is InChI=1S/C27H33BrN6O6S/c1-5-27(23(35)36)12-15(7-9-34(27)25(37)40-26(2,3)4)6-8-33-13-30-21(29)20-22(33)32-24(31-20)41-19-11-18-17(10-16(19)28)38-14-39-18/h10-11,13,15,29H,5-9,12,14H2,1-4H3,(H,31,32)(H,35,36)/t15-,27+/m1/s1. The number of amides is 1. The van der Waals surface area contributed by atoms with E-state index in [0.29, 0.717) is 60.2 Å². The van der Waals surface area contributed by atoms with Crippen LogP contribution in [0.2, 0.25) is 0 Å². The van der Waals surface area contributed by atoms with Crippen molar-refractivity contribution in [3.8, 4) is 11.5 Å². The first-order valence-electron chi connectivity index (χ1n) is 13.4. The minimum Gasteiger partial charge on any atom is -0.479 e. The molecule has 0 saturated carbocycles. The van der Waals surface area contributed by atoms with Crippen molar-refractivity contribution < 1.29 is 28.9 Å². The molecule has 0 aliphatic carbocycles. The van der Waals surface area contributed by atoms with Gasteiger partial charge in [-0.15, -0.1) is 0 Å². The lowest BCUT2D eigenvalue weighted by Gasteiger charge is -2.46. The first-order chi connectivity index (χ1) is 19.4. The molecule has 0 radical (unpaired) electrons. The van der Waals surface area contributed by atoms with Gasteiger partial charge in [-0.25, -0.2) is 19.6 Å². The number of aromatic amines is 1. The smallest absolute Gasteiger partial charge is 0.411 e. The van der Waals surface area contributed by atoms with Crippen LogP contribution in [-0.2, 0) is 16.1 Å². The van der Waals surface area contributed by atoms with E-state index in [9.17, 15) is 14.7 Å². The molecule has 2 atom stereocenters. The Morgan fingerprint density at radius 3 is 2.73 bits per heavy atom. The molecule has 2 aliphatic rings. The number of H-pyrrole nitrogens is 1. The Labute approximate surface area is 249 Å². The number of aliphatic carboxylic acids is 1. The minimum atomic E-state index is -1.33. The van der Waals surface area contributed by atoms with Crippen LogP contribution in [0, 0.1) is 11.3 Å². The summed E-state index contributed by atoms with van der Waals surface area (Å²) in [6, 6.07) is 3.73. The average molecular weight is 650 g/mol. The van der Waals surface area contributed by atoms with Crippen molar-refractivity contribution in [2.24, 2.45) is 5.92 Å². The number of carboxylic acids is 1. The molecule has 1 amide bonds. The van der Waals surface area contributed by atoms with Crippen molar-refractivity contribution in [1.82, 2.24) is 24.4 Å². The summed E-state index contributed by atoms with van der Waals surface area (Å²) in [6.07, 6.45) is 2.92. The fourth-order valence-electron chi connectivity index (χ4n) is 5.31. The molecule has 0 unspecified atom stereocenters. The first-order valence-corrected chi connectivity index (χ1v) is 15.0. The number of carboxylic acid groups (broad SMARTS) is 1. The lowest BCUT2D eigenvalue weighted by atomic mass is 9.77. The van der Waals surface area contributed by atoms with Crippen LogP contribution in [0.15, 0.2) is 33.0 Å². The van der Waals surface area contributed by atoms with E-state index in [0.717, 1.165) is 9.37 Å². The van der Waals surface area contributed by atoms with Gasteiger partial charge in [-0.3, -0.25) is 10.3 Å².